The molecular formula is C9H17N3O. The highest BCUT2D eigenvalue weighted by Gasteiger charge is 2.03. The van der Waals surface area contributed by atoms with E-state index in [4.69, 9.17) is 5.73 Å². The third-order valence-electron chi connectivity index (χ3n) is 1.80. The summed E-state index contributed by atoms with van der Waals surface area (Å²) in [6.07, 6.45) is 0.736. The summed E-state index contributed by atoms with van der Waals surface area (Å²) < 4.78 is 1.63. The van der Waals surface area contributed by atoms with Gasteiger partial charge in [0.15, 0.2) is 0 Å². The van der Waals surface area contributed by atoms with E-state index in [1.54, 1.807) is 10.7 Å². The fourth-order valence-electron chi connectivity index (χ4n) is 1.27. The third kappa shape index (κ3) is 2.73. The van der Waals surface area contributed by atoms with Crippen molar-refractivity contribution in [3.63, 3.8) is 0 Å². The number of aromatic amines is 1. The molecule has 0 radical (unpaired) electrons. The average Bonchev–Trinajstić information content (AvgIpc) is 2.31. The van der Waals surface area contributed by atoms with E-state index in [-0.39, 0.29) is 5.56 Å². The number of nitrogens with zero attached hydrogens (tertiary/aromatic N) is 1. The minimum Gasteiger partial charge on any atom is -0.330 e. The van der Waals surface area contributed by atoms with Crippen molar-refractivity contribution in [2.75, 3.05) is 6.54 Å². The minimum atomic E-state index is 0.0390. The molecule has 0 aromatic carbocycles. The van der Waals surface area contributed by atoms with E-state index in [0.717, 1.165) is 18.7 Å². The van der Waals surface area contributed by atoms with Gasteiger partial charge in [-0.1, -0.05) is 13.8 Å². The van der Waals surface area contributed by atoms with Crippen LogP contribution in [0.25, 0.3) is 0 Å². The van der Waals surface area contributed by atoms with E-state index < -0.39 is 0 Å². The molecule has 4 nitrogen and oxygen atoms in total. The summed E-state index contributed by atoms with van der Waals surface area (Å²) >= 11 is 0. The lowest BCUT2D eigenvalue weighted by Gasteiger charge is -2.04. The van der Waals surface area contributed by atoms with E-state index in [1.807, 2.05) is 0 Å². The fraction of sp³-hybridized carbons (Fsp3) is 0.667. The third-order valence-corrected chi connectivity index (χ3v) is 1.80. The van der Waals surface area contributed by atoms with Gasteiger partial charge in [-0.15, -0.1) is 0 Å². The van der Waals surface area contributed by atoms with Gasteiger partial charge in [0.2, 0.25) is 0 Å². The average molecular weight is 183 g/mol. The van der Waals surface area contributed by atoms with Crippen molar-refractivity contribution < 1.29 is 0 Å². The predicted octanol–water partition coefficient (Wildman–Crippen LogP) is 0.334. The summed E-state index contributed by atoms with van der Waals surface area (Å²) in [6.45, 7) is 5.47. The first kappa shape index (κ1) is 10.1. The Kier molecular flexibility index (Phi) is 3.31. The van der Waals surface area contributed by atoms with Crippen LogP contribution in [0.1, 0.15) is 19.5 Å². The topological polar surface area (TPSA) is 63.8 Å². The van der Waals surface area contributed by atoms with Crippen LogP contribution in [0.15, 0.2) is 10.9 Å². The Bertz CT molecular complexity index is 311. The smallest absolute Gasteiger partial charge is 0.266 e. The van der Waals surface area contributed by atoms with Crippen molar-refractivity contribution in [3.8, 4) is 0 Å². The minimum absolute atomic E-state index is 0.0390. The number of nitrogens with two attached hydrogens (primary N) is 1. The lowest BCUT2D eigenvalue weighted by Crippen LogP contribution is -2.18. The van der Waals surface area contributed by atoms with E-state index in [1.165, 1.54) is 0 Å². The van der Waals surface area contributed by atoms with Crippen LogP contribution in [0.2, 0.25) is 0 Å². The summed E-state index contributed by atoms with van der Waals surface area (Å²) in [7, 11) is 0. The predicted molar refractivity (Wildman–Crippen MR) is 52.6 cm³/mol. The Morgan fingerprint density at radius 3 is 2.85 bits per heavy atom. The van der Waals surface area contributed by atoms with Gasteiger partial charge in [-0.25, -0.2) is 0 Å². The van der Waals surface area contributed by atoms with Crippen LogP contribution in [-0.2, 0) is 13.0 Å². The van der Waals surface area contributed by atoms with Gasteiger partial charge in [0, 0.05) is 24.7 Å². The highest BCUT2D eigenvalue weighted by molar-refractivity contribution is 4.99. The molecule has 0 aliphatic heterocycles. The van der Waals surface area contributed by atoms with E-state index in [9.17, 15) is 4.79 Å². The van der Waals surface area contributed by atoms with E-state index >= 15 is 0 Å². The van der Waals surface area contributed by atoms with Gasteiger partial charge in [-0.2, -0.15) is 0 Å². The normalized spacial score (nSPS) is 11.1. The molecule has 0 unspecified atom stereocenters. The van der Waals surface area contributed by atoms with Crippen LogP contribution < -0.4 is 11.3 Å². The van der Waals surface area contributed by atoms with Crippen molar-refractivity contribution in [2.45, 2.75) is 26.8 Å². The van der Waals surface area contributed by atoms with Crippen LogP contribution in [0.4, 0.5) is 0 Å². The zero-order valence-electron chi connectivity index (χ0n) is 8.21. The van der Waals surface area contributed by atoms with E-state index in [0.29, 0.717) is 12.5 Å². The molecule has 3 N–H and O–H groups in total. The number of rotatable bonds is 4. The molecule has 1 heterocycles. The van der Waals surface area contributed by atoms with Crippen molar-refractivity contribution in [3.05, 3.63) is 22.1 Å². The van der Waals surface area contributed by atoms with Crippen LogP contribution in [0, 0.1) is 5.92 Å². The first-order chi connectivity index (χ1) is 6.13. The molecule has 1 aromatic heterocycles. The molecule has 0 aliphatic rings. The van der Waals surface area contributed by atoms with Gasteiger partial charge in [0.25, 0.3) is 5.56 Å². The highest BCUT2D eigenvalue weighted by atomic mass is 16.1. The Hall–Kier alpha value is -1.03. The Morgan fingerprint density at radius 1 is 1.62 bits per heavy atom. The monoisotopic (exact) mass is 183 g/mol. The first-order valence-corrected chi connectivity index (χ1v) is 4.62. The molecule has 0 fully saturated rings. The molecule has 0 aliphatic carbocycles. The van der Waals surface area contributed by atoms with Gasteiger partial charge < -0.3 is 5.73 Å². The Labute approximate surface area is 77.7 Å². The number of H-pyrrole nitrogens is 1. The maximum Gasteiger partial charge on any atom is 0.266 e. The molecular weight excluding hydrogens is 166 g/mol. The van der Waals surface area contributed by atoms with Gasteiger partial charge in [-0.3, -0.25) is 14.6 Å². The molecule has 0 saturated heterocycles. The largest absolute Gasteiger partial charge is 0.330 e. The second-order valence-electron chi connectivity index (χ2n) is 3.66. The molecule has 0 saturated carbocycles. The summed E-state index contributed by atoms with van der Waals surface area (Å²) in [5.74, 6) is 0.474. The van der Waals surface area contributed by atoms with Crippen molar-refractivity contribution in [1.82, 2.24) is 9.78 Å². The maximum atomic E-state index is 11.3. The quantitative estimate of drug-likeness (QED) is 0.706. The number of nitrogens with one attached hydrogen (secondary N) is 1. The Balaban J connectivity index is 2.77. The second-order valence-corrected chi connectivity index (χ2v) is 3.66. The molecule has 13 heavy (non-hydrogen) atoms. The van der Waals surface area contributed by atoms with Crippen molar-refractivity contribution >= 4 is 0 Å². The summed E-state index contributed by atoms with van der Waals surface area (Å²) in [5, 5.41) is 3.04. The molecule has 74 valence electrons. The number of hydrogen-bond donors (Lipinski definition) is 2. The molecule has 0 bridgehead atoms. The van der Waals surface area contributed by atoms with Crippen LogP contribution in [-0.4, -0.2) is 16.3 Å². The molecule has 0 atom stereocenters. The fourth-order valence-corrected chi connectivity index (χ4v) is 1.27. The first-order valence-electron chi connectivity index (χ1n) is 4.62. The van der Waals surface area contributed by atoms with Crippen molar-refractivity contribution in [1.29, 1.82) is 0 Å². The highest BCUT2D eigenvalue weighted by Crippen LogP contribution is 1.96. The van der Waals surface area contributed by atoms with E-state index in [2.05, 4.69) is 18.9 Å². The van der Waals surface area contributed by atoms with Crippen molar-refractivity contribution in [2.24, 2.45) is 11.7 Å². The summed E-state index contributed by atoms with van der Waals surface area (Å²) in [6, 6.07) is 1.62. The number of hydrogen-bond acceptors (Lipinski definition) is 2. The zero-order chi connectivity index (χ0) is 9.84. The van der Waals surface area contributed by atoms with Gasteiger partial charge in [0.05, 0.1) is 0 Å². The standard InChI is InChI=1S/C9H17N3O/c1-7(2)6-12-9(13)5-8(11-12)3-4-10/h5,7,11H,3-4,6,10H2,1-2H3. The summed E-state index contributed by atoms with van der Waals surface area (Å²) in [4.78, 5) is 11.3. The molecule has 1 rings (SSSR count). The van der Waals surface area contributed by atoms with Gasteiger partial charge in [-0.05, 0) is 12.5 Å². The zero-order valence-corrected chi connectivity index (χ0v) is 8.21. The van der Waals surface area contributed by atoms with Gasteiger partial charge >= 0.3 is 0 Å². The van der Waals surface area contributed by atoms with Crippen LogP contribution in [0.3, 0.4) is 0 Å². The molecule has 0 amide bonds. The maximum absolute atomic E-state index is 11.3. The molecule has 0 spiro atoms. The lowest BCUT2D eigenvalue weighted by atomic mass is 10.2. The van der Waals surface area contributed by atoms with Gasteiger partial charge in [0.1, 0.15) is 0 Å². The molecule has 1 aromatic rings. The number of aromatic nitrogens is 2. The van der Waals surface area contributed by atoms with Crippen LogP contribution in [0.5, 0.6) is 0 Å². The second kappa shape index (κ2) is 4.28. The lowest BCUT2D eigenvalue weighted by molar-refractivity contribution is 0.470. The summed E-state index contributed by atoms with van der Waals surface area (Å²) in [5.41, 5.74) is 6.35. The molecule has 4 heteroatoms. The van der Waals surface area contributed by atoms with Crippen LogP contribution >= 0.6 is 0 Å². The SMILES string of the molecule is CC(C)Cn1[nH]c(CCN)cc1=O. The Morgan fingerprint density at radius 2 is 2.31 bits per heavy atom.